The van der Waals surface area contributed by atoms with Gasteiger partial charge in [0.05, 0.1) is 21.7 Å². The Bertz CT molecular complexity index is 1210. The van der Waals surface area contributed by atoms with E-state index in [1.165, 1.54) is 35.6 Å². The van der Waals surface area contributed by atoms with E-state index in [9.17, 15) is 19.7 Å². The van der Waals surface area contributed by atoms with Gasteiger partial charge in [0.25, 0.3) is 11.6 Å². The van der Waals surface area contributed by atoms with Crippen molar-refractivity contribution in [3.05, 3.63) is 74.6 Å². The van der Waals surface area contributed by atoms with Crippen LogP contribution in [-0.4, -0.2) is 28.0 Å². The summed E-state index contributed by atoms with van der Waals surface area (Å²) in [4.78, 5) is 39.2. The molecule has 0 saturated carbocycles. The molecule has 9 heteroatoms. The summed E-state index contributed by atoms with van der Waals surface area (Å²) in [6, 6.07) is 11.6. The summed E-state index contributed by atoms with van der Waals surface area (Å²) in [5.74, 6) is -0.911. The maximum atomic E-state index is 12.4. The van der Waals surface area contributed by atoms with Gasteiger partial charge in [0.2, 0.25) is 0 Å². The molecule has 0 atom stereocenters. The summed E-state index contributed by atoms with van der Waals surface area (Å²) in [7, 11) is 0. The van der Waals surface area contributed by atoms with Crippen molar-refractivity contribution in [2.24, 2.45) is 4.99 Å². The number of aromatic nitrogens is 1. The van der Waals surface area contributed by atoms with Gasteiger partial charge in [0.1, 0.15) is 6.54 Å². The lowest BCUT2D eigenvalue weighted by Gasteiger charge is -2.06. The fraction of sp³-hybridized carbons (Fsp3) is 0.190. The smallest absolute Gasteiger partial charge is 0.326 e. The molecule has 1 amide bonds. The summed E-state index contributed by atoms with van der Waals surface area (Å²) in [6.07, 6.45) is 2.82. The van der Waals surface area contributed by atoms with E-state index < -0.39 is 16.8 Å². The number of hydrogen-bond acceptors (Lipinski definition) is 6. The summed E-state index contributed by atoms with van der Waals surface area (Å²) in [5.41, 5.74) is 2.41. The van der Waals surface area contributed by atoms with Crippen LogP contribution in [-0.2, 0) is 20.9 Å². The zero-order valence-corrected chi connectivity index (χ0v) is 17.2. The molecule has 1 aromatic heterocycles. The lowest BCUT2D eigenvalue weighted by molar-refractivity contribution is -0.384. The van der Waals surface area contributed by atoms with Gasteiger partial charge in [-0.1, -0.05) is 23.5 Å². The Kier molecular flexibility index (Phi) is 6.53. The molecule has 2 aromatic carbocycles. The van der Waals surface area contributed by atoms with Gasteiger partial charge in [0, 0.05) is 18.2 Å². The van der Waals surface area contributed by atoms with Gasteiger partial charge >= 0.3 is 5.97 Å². The van der Waals surface area contributed by atoms with E-state index in [0.29, 0.717) is 10.4 Å². The first-order chi connectivity index (χ1) is 14.4. The fourth-order valence-electron chi connectivity index (χ4n) is 2.88. The largest absolute Gasteiger partial charge is 0.465 e. The molecule has 0 saturated heterocycles. The number of rotatable bonds is 6. The van der Waals surface area contributed by atoms with Gasteiger partial charge in [-0.15, -0.1) is 0 Å². The summed E-state index contributed by atoms with van der Waals surface area (Å²) < 4.78 is 7.65. The Morgan fingerprint density at radius 2 is 1.97 bits per heavy atom. The van der Waals surface area contributed by atoms with Crippen molar-refractivity contribution < 1.29 is 19.2 Å². The number of esters is 1. The predicted octanol–water partition coefficient (Wildman–Crippen LogP) is 3.62. The van der Waals surface area contributed by atoms with E-state index in [0.717, 1.165) is 15.8 Å². The third-order valence-electron chi connectivity index (χ3n) is 4.22. The zero-order valence-electron chi connectivity index (χ0n) is 16.4. The average Bonchev–Trinajstić information content (AvgIpc) is 3.05. The minimum Gasteiger partial charge on any atom is -0.465 e. The summed E-state index contributed by atoms with van der Waals surface area (Å²) in [6.45, 7) is 3.88. The van der Waals surface area contributed by atoms with Crippen LogP contribution >= 0.6 is 11.3 Å². The van der Waals surface area contributed by atoms with Crippen LogP contribution in [0, 0.1) is 17.0 Å². The van der Waals surface area contributed by atoms with Gasteiger partial charge < -0.3 is 9.30 Å². The van der Waals surface area contributed by atoms with Crippen molar-refractivity contribution in [2.75, 3.05) is 6.61 Å². The molecule has 0 fully saturated rings. The van der Waals surface area contributed by atoms with Gasteiger partial charge in [0.15, 0.2) is 4.80 Å². The van der Waals surface area contributed by atoms with Gasteiger partial charge in [-0.05, 0) is 49.2 Å². The molecular weight excluding hydrogens is 406 g/mol. The predicted molar refractivity (Wildman–Crippen MR) is 114 cm³/mol. The molecule has 0 bridgehead atoms. The minimum absolute atomic E-state index is 0.0242. The number of fused-ring (bicyclic) bond motifs is 1. The molecule has 3 aromatic rings. The van der Waals surface area contributed by atoms with Crippen molar-refractivity contribution in [3.8, 4) is 0 Å². The molecule has 1 heterocycles. The van der Waals surface area contributed by atoms with Crippen LogP contribution in [0.3, 0.4) is 0 Å². The summed E-state index contributed by atoms with van der Waals surface area (Å²) >= 11 is 1.31. The number of thiazole rings is 1. The highest BCUT2D eigenvalue weighted by Gasteiger charge is 2.13. The number of carbonyl (C=O) groups excluding carboxylic acids is 2. The molecule has 0 unspecified atom stereocenters. The number of carbonyl (C=O) groups is 2. The van der Waals surface area contributed by atoms with Crippen LogP contribution < -0.4 is 4.80 Å². The first-order valence-electron chi connectivity index (χ1n) is 9.15. The highest BCUT2D eigenvalue weighted by molar-refractivity contribution is 7.16. The van der Waals surface area contributed by atoms with Gasteiger partial charge in [-0.2, -0.15) is 4.99 Å². The molecular formula is C21H19N3O5S. The standard InChI is InChI=1S/C21H19N3O5S/c1-3-29-19(26)13-23-20-14(2)5-4-6-17(20)30-21(23)22-18(25)12-9-15-7-10-16(11-8-15)24(27)28/h4-12H,3,13H2,1-2H3. The SMILES string of the molecule is CCOC(=O)Cn1c(=NC(=O)C=Cc2ccc([N+](=O)[O-])cc2)sc2cccc(C)c21. The van der Waals surface area contributed by atoms with E-state index in [1.54, 1.807) is 23.6 Å². The van der Waals surface area contributed by atoms with E-state index in [4.69, 9.17) is 4.74 Å². The Morgan fingerprint density at radius 3 is 2.63 bits per heavy atom. The fourth-order valence-corrected chi connectivity index (χ4v) is 3.99. The maximum absolute atomic E-state index is 12.4. The second-order valence-corrected chi connectivity index (χ2v) is 7.34. The average molecular weight is 425 g/mol. The second-order valence-electron chi connectivity index (χ2n) is 6.33. The van der Waals surface area contributed by atoms with Crippen molar-refractivity contribution in [2.45, 2.75) is 20.4 Å². The van der Waals surface area contributed by atoms with Crippen molar-refractivity contribution in [1.29, 1.82) is 0 Å². The van der Waals surface area contributed by atoms with Crippen molar-refractivity contribution in [1.82, 2.24) is 4.57 Å². The quantitative estimate of drug-likeness (QED) is 0.260. The van der Waals surface area contributed by atoms with Crippen LogP contribution in [0.15, 0.2) is 53.5 Å². The number of nitro groups is 1. The van der Waals surface area contributed by atoms with Crippen LogP contribution in [0.2, 0.25) is 0 Å². The molecule has 0 spiro atoms. The molecule has 0 aliphatic rings. The summed E-state index contributed by atoms with van der Waals surface area (Å²) in [5, 5.41) is 10.7. The molecule has 3 rings (SSSR count). The monoisotopic (exact) mass is 425 g/mol. The number of para-hydroxylation sites is 1. The lowest BCUT2D eigenvalue weighted by atomic mass is 10.2. The van der Waals surface area contributed by atoms with E-state index in [2.05, 4.69) is 4.99 Å². The Labute approximate surface area is 175 Å². The highest BCUT2D eigenvalue weighted by atomic mass is 32.1. The third-order valence-corrected chi connectivity index (χ3v) is 5.27. The first-order valence-corrected chi connectivity index (χ1v) is 9.96. The highest BCUT2D eigenvalue weighted by Crippen LogP contribution is 2.21. The Morgan fingerprint density at radius 1 is 1.23 bits per heavy atom. The maximum Gasteiger partial charge on any atom is 0.326 e. The molecule has 154 valence electrons. The van der Waals surface area contributed by atoms with Crippen LogP contribution in [0.5, 0.6) is 0 Å². The number of nitro benzene ring substituents is 1. The molecule has 0 aliphatic carbocycles. The Balaban J connectivity index is 1.94. The van der Waals surface area contributed by atoms with Crippen molar-refractivity contribution >= 4 is 45.2 Å². The molecule has 0 radical (unpaired) electrons. The lowest BCUT2D eigenvalue weighted by Crippen LogP contribution is -2.23. The normalized spacial score (nSPS) is 11.9. The van der Waals surface area contributed by atoms with Crippen molar-refractivity contribution in [3.63, 3.8) is 0 Å². The van der Waals surface area contributed by atoms with Gasteiger partial charge in [-0.3, -0.25) is 19.7 Å². The van der Waals surface area contributed by atoms with E-state index in [-0.39, 0.29) is 18.8 Å². The number of nitrogens with zero attached hydrogens (tertiary/aromatic N) is 3. The molecule has 0 N–H and O–H groups in total. The van der Waals surface area contributed by atoms with E-state index in [1.807, 2.05) is 25.1 Å². The molecule has 0 aliphatic heterocycles. The topological polar surface area (TPSA) is 104 Å². The molecule has 8 nitrogen and oxygen atoms in total. The van der Waals surface area contributed by atoms with Gasteiger partial charge in [-0.25, -0.2) is 0 Å². The second kappa shape index (κ2) is 9.27. The first kappa shape index (κ1) is 21.1. The molecule has 30 heavy (non-hydrogen) atoms. The number of non-ortho nitro benzene ring substituents is 1. The van der Waals surface area contributed by atoms with E-state index >= 15 is 0 Å². The Hall–Kier alpha value is -3.59. The third kappa shape index (κ3) is 4.87. The number of aryl methyl sites for hydroxylation is 1. The zero-order chi connectivity index (χ0) is 21.7. The minimum atomic E-state index is -0.504. The van der Waals surface area contributed by atoms with Crippen LogP contribution in [0.4, 0.5) is 5.69 Å². The number of amides is 1. The van der Waals surface area contributed by atoms with Crippen LogP contribution in [0.1, 0.15) is 18.1 Å². The number of ether oxygens (including phenoxy) is 1. The number of benzene rings is 2. The van der Waals surface area contributed by atoms with Crippen LogP contribution in [0.25, 0.3) is 16.3 Å². The number of hydrogen-bond donors (Lipinski definition) is 0.